The van der Waals surface area contributed by atoms with Gasteiger partial charge < -0.3 is 20.3 Å². The van der Waals surface area contributed by atoms with E-state index >= 15 is 0 Å². The van der Waals surface area contributed by atoms with Crippen molar-refractivity contribution < 1.29 is 19.1 Å². The summed E-state index contributed by atoms with van der Waals surface area (Å²) in [7, 11) is 0. The number of carbonyl (C=O) groups is 3. The second kappa shape index (κ2) is 12.4. The molecule has 0 saturated heterocycles. The van der Waals surface area contributed by atoms with E-state index in [1.165, 1.54) is 0 Å². The maximum Gasteiger partial charge on any atom is 0.408 e. The van der Waals surface area contributed by atoms with Crippen molar-refractivity contribution in [3.63, 3.8) is 0 Å². The van der Waals surface area contributed by atoms with Crippen LogP contribution in [0.2, 0.25) is 0 Å². The fraction of sp³-hybridized carbons (Fsp3) is 0.679. The Balaban J connectivity index is 3.65. The highest BCUT2D eigenvalue weighted by Gasteiger charge is 2.43. The van der Waals surface area contributed by atoms with Crippen LogP contribution < -0.4 is 10.6 Å². The first-order valence-electron chi connectivity index (χ1n) is 12.7. The Kier molecular flexibility index (Phi) is 10.8. The lowest BCUT2D eigenvalue weighted by Gasteiger charge is -2.45. The Labute approximate surface area is 212 Å². The van der Waals surface area contributed by atoms with E-state index in [0.29, 0.717) is 12.8 Å². The third kappa shape index (κ3) is 9.19. The van der Waals surface area contributed by atoms with Crippen molar-refractivity contribution in [2.24, 2.45) is 5.92 Å². The molecule has 2 N–H and O–H groups in total. The van der Waals surface area contributed by atoms with Gasteiger partial charge in [0, 0.05) is 11.6 Å². The van der Waals surface area contributed by atoms with Crippen LogP contribution in [0, 0.1) is 12.8 Å². The Morgan fingerprint density at radius 1 is 0.971 bits per heavy atom. The minimum absolute atomic E-state index is 0.0953. The van der Waals surface area contributed by atoms with Crippen LogP contribution in [0.15, 0.2) is 24.3 Å². The number of amides is 3. The van der Waals surface area contributed by atoms with Crippen LogP contribution in [0.4, 0.5) is 4.79 Å². The summed E-state index contributed by atoms with van der Waals surface area (Å²) in [6.45, 7) is 21.0. The second-order valence-corrected chi connectivity index (χ2v) is 11.6. The van der Waals surface area contributed by atoms with Crippen molar-refractivity contribution in [3.8, 4) is 0 Å². The number of hydrogen-bond donors (Lipinski definition) is 2. The summed E-state index contributed by atoms with van der Waals surface area (Å²) in [5, 5.41) is 5.80. The maximum absolute atomic E-state index is 14.3. The van der Waals surface area contributed by atoms with E-state index in [2.05, 4.69) is 10.6 Å². The Morgan fingerprint density at radius 2 is 1.54 bits per heavy atom. The van der Waals surface area contributed by atoms with E-state index in [1.807, 2.05) is 79.7 Å². The fourth-order valence-electron chi connectivity index (χ4n) is 3.91. The smallest absolute Gasteiger partial charge is 0.408 e. The molecule has 3 amide bonds. The van der Waals surface area contributed by atoms with Crippen LogP contribution in [0.3, 0.4) is 0 Å². The van der Waals surface area contributed by atoms with Crippen LogP contribution in [-0.4, -0.2) is 46.0 Å². The van der Waals surface area contributed by atoms with E-state index in [0.717, 1.165) is 11.1 Å². The van der Waals surface area contributed by atoms with Crippen LogP contribution in [0.1, 0.15) is 99.2 Å². The molecule has 0 radical (unpaired) electrons. The summed E-state index contributed by atoms with van der Waals surface area (Å²) < 4.78 is 5.46. The summed E-state index contributed by atoms with van der Waals surface area (Å²) in [5.74, 6) is -0.416. The summed E-state index contributed by atoms with van der Waals surface area (Å²) in [5.41, 5.74) is 0.324. The molecular formula is C28H47N3O4. The molecule has 0 spiro atoms. The zero-order valence-corrected chi connectivity index (χ0v) is 23.6. The minimum atomic E-state index is -0.851. The monoisotopic (exact) mass is 489 g/mol. The highest BCUT2D eigenvalue weighted by Crippen LogP contribution is 2.34. The van der Waals surface area contributed by atoms with Crippen molar-refractivity contribution in [1.29, 1.82) is 0 Å². The number of hydrogen-bond acceptors (Lipinski definition) is 4. The molecule has 0 heterocycles. The number of rotatable bonds is 10. The fourth-order valence-corrected chi connectivity index (χ4v) is 3.91. The van der Waals surface area contributed by atoms with E-state index < -0.39 is 29.3 Å². The van der Waals surface area contributed by atoms with E-state index in [1.54, 1.807) is 25.7 Å². The van der Waals surface area contributed by atoms with Gasteiger partial charge in [0.15, 0.2) is 0 Å². The first kappa shape index (κ1) is 30.5. The van der Waals surface area contributed by atoms with Crippen molar-refractivity contribution in [1.82, 2.24) is 15.5 Å². The highest BCUT2D eigenvalue weighted by atomic mass is 16.6. The molecule has 0 aliphatic carbocycles. The van der Waals surface area contributed by atoms with Gasteiger partial charge in [0.2, 0.25) is 11.8 Å². The Hall–Kier alpha value is -2.57. The van der Waals surface area contributed by atoms with Gasteiger partial charge in [-0.25, -0.2) is 4.79 Å². The normalized spacial score (nSPS) is 13.9. The van der Waals surface area contributed by atoms with E-state index in [4.69, 9.17) is 4.74 Å². The topological polar surface area (TPSA) is 87.7 Å². The van der Waals surface area contributed by atoms with E-state index in [9.17, 15) is 14.4 Å². The van der Waals surface area contributed by atoms with Gasteiger partial charge in [-0.3, -0.25) is 9.59 Å². The van der Waals surface area contributed by atoms with Gasteiger partial charge in [-0.2, -0.15) is 0 Å². The molecule has 2 atom stereocenters. The lowest BCUT2D eigenvalue weighted by molar-refractivity contribution is -0.149. The average Bonchev–Trinajstić information content (AvgIpc) is 2.69. The maximum atomic E-state index is 14.3. The van der Waals surface area contributed by atoms with Crippen LogP contribution in [0.25, 0.3) is 0 Å². The number of benzene rings is 1. The summed E-state index contributed by atoms with van der Waals surface area (Å²) in [4.78, 5) is 42.3. The molecule has 1 aromatic rings. The lowest BCUT2D eigenvalue weighted by Crippen LogP contribution is -2.60. The van der Waals surface area contributed by atoms with Gasteiger partial charge in [0.25, 0.3) is 0 Å². The molecule has 0 aromatic heterocycles. The quantitative estimate of drug-likeness (QED) is 0.453. The number of carbonyl (C=O) groups excluding carboxylic acids is 3. The number of aryl methyl sites for hydroxylation is 1. The zero-order chi connectivity index (χ0) is 27.1. The largest absolute Gasteiger partial charge is 0.444 e. The zero-order valence-electron chi connectivity index (χ0n) is 23.6. The minimum Gasteiger partial charge on any atom is -0.444 e. The predicted octanol–water partition coefficient (Wildman–Crippen LogP) is 5.52. The molecule has 0 saturated carbocycles. The standard InChI is InChI=1S/C28H47N3O4/c1-12-28(10,11)31(23(24(32)29-19(4)5)21-16-14-13-15-20(21)6)25(33)22(17-18(2)3)30-26(34)35-27(7,8)9/h13-16,18-19,22-23H,12,17H2,1-11H3,(H,29,32)(H,30,34). The van der Waals surface area contributed by atoms with Crippen molar-refractivity contribution in [2.75, 3.05) is 0 Å². The van der Waals surface area contributed by atoms with Crippen molar-refractivity contribution >= 4 is 17.9 Å². The summed E-state index contributed by atoms with van der Waals surface area (Å²) in [6, 6.07) is 5.84. The van der Waals surface area contributed by atoms with Gasteiger partial charge in [-0.1, -0.05) is 45.0 Å². The predicted molar refractivity (Wildman–Crippen MR) is 141 cm³/mol. The first-order chi connectivity index (χ1) is 16.0. The summed E-state index contributed by atoms with van der Waals surface area (Å²) >= 11 is 0. The van der Waals surface area contributed by atoms with Crippen molar-refractivity contribution in [2.45, 2.75) is 118 Å². The summed E-state index contributed by atoms with van der Waals surface area (Å²) in [6.07, 6.45) is 0.391. The number of ether oxygens (including phenoxy) is 1. The molecule has 0 fully saturated rings. The molecule has 0 aliphatic rings. The lowest BCUT2D eigenvalue weighted by atomic mass is 9.89. The average molecular weight is 490 g/mol. The molecule has 1 rings (SSSR count). The van der Waals surface area contributed by atoms with Crippen LogP contribution >= 0.6 is 0 Å². The Morgan fingerprint density at radius 3 is 2.00 bits per heavy atom. The third-order valence-corrected chi connectivity index (χ3v) is 5.87. The van der Waals surface area contributed by atoms with E-state index in [-0.39, 0.29) is 23.8 Å². The first-order valence-corrected chi connectivity index (χ1v) is 12.7. The molecule has 0 aliphatic heterocycles. The molecule has 7 heteroatoms. The van der Waals surface area contributed by atoms with Crippen molar-refractivity contribution in [3.05, 3.63) is 35.4 Å². The molecule has 0 bridgehead atoms. The van der Waals surface area contributed by atoms with Gasteiger partial charge in [0.05, 0.1) is 0 Å². The molecular weight excluding hydrogens is 442 g/mol. The Bertz CT molecular complexity index is 871. The molecule has 7 nitrogen and oxygen atoms in total. The number of nitrogens with zero attached hydrogens (tertiary/aromatic N) is 1. The van der Waals surface area contributed by atoms with Crippen LogP contribution in [-0.2, 0) is 14.3 Å². The van der Waals surface area contributed by atoms with Gasteiger partial charge >= 0.3 is 6.09 Å². The number of alkyl carbamates (subject to hydrolysis) is 1. The van der Waals surface area contributed by atoms with Gasteiger partial charge in [-0.15, -0.1) is 0 Å². The van der Waals surface area contributed by atoms with Gasteiger partial charge in [0.1, 0.15) is 17.7 Å². The second-order valence-electron chi connectivity index (χ2n) is 11.6. The highest BCUT2D eigenvalue weighted by molar-refractivity contribution is 5.93. The van der Waals surface area contributed by atoms with Gasteiger partial charge in [-0.05, 0) is 85.3 Å². The van der Waals surface area contributed by atoms with Crippen LogP contribution in [0.5, 0.6) is 0 Å². The molecule has 35 heavy (non-hydrogen) atoms. The molecule has 198 valence electrons. The number of nitrogens with one attached hydrogen (secondary N) is 2. The third-order valence-electron chi connectivity index (χ3n) is 5.87. The molecule has 1 aromatic carbocycles. The molecule has 2 unspecified atom stereocenters. The SMILES string of the molecule is CCC(C)(C)N(C(=O)C(CC(C)C)NC(=O)OC(C)(C)C)C(C(=O)NC(C)C)c1ccccc1C.